The Morgan fingerprint density at radius 3 is 2.42 bits per heavy atom. The Balaban J connectivity index is 2.64. The van der Waals surface area contributed by atoms with Crippen LogP contribution in [0.1, 0.15) is 5.69 Å². The summed E-state index contributed by atoms with van der Waals surface area (Å²) in [6.45, 7) is 0. The number of hydrogen-bond donors (Lipinski definition) is 1. The molecule has 1 N–H and O–H groups in total. The van der Waals surface area contributed by atoms with Crippen LogP contribution in [0, 0.1) is 11.3 Å². The van der Waals surface area contributed by atoms with Crippen molar-refractivity contribution in [3.8, 4) is 17.2 Å². The highest BCUT2D eigenvalue weighted by Crippen LogP contribution is 2.37. The Bertz CT molecular complexity index is 732. The van der Waals surface area contributed by atoms with Crippen molar-refractivity contribution >= 4 is 34.8 Å². The van der Waals surface area contributed by atoms with Crippen molar-refractivity contribution in [3.05, 3.63) is 55.4 Å². The third-order valence-corrected chi connectivity index (χ3v) is 3.67. The molecule has 0 fully saturated rings. The van der Waals surface area contributed by atoms with Crippen LogP contribution in [0.25, 0.3) is 11.1 Å². The molecule has 96 valence electrons. The van der Waals surface area contributed by atoms with Crippen molar-refractivity contribution in [2.45, 2.75) is 6.42 Å². The van der Waals surface area contributed by atoms with E-state index in [1.807, 2.05) is 6.07 Å². The number of benzene rings is 1. The lowest BCUT2D eigenvalue weighted by Crippen LogP contribution is -2.11. The Kier molecular flexibility index (Phi) is 4.16. The highest BCUT2D eigenvalue weighted by atomic mass is 35.5. The van der Waals surface area contributed by atoms with Gasteiger partial charge in [-0.1, -0.05) is 34.8 Å². The van der Waals surface area contributed by atoms with E-state index in [-0.39, 0.29) is 17.0 Å². The van der Waals surface area contributed by atoms with Gasteiger partial charge in [0.2, 0.25) is 0 Å². The molecule has 0 spiro atoms. The van der Waals surface area contributed by atoms with E-state index in [0.717, 1.165) is 0 Å². The second kappa shape index (κ2) is 5.66. The first-order valence-electron chi connectivity index (χ1n) is 5.27. The van der Waals surface area contributed by atoms with Gasteiger partial charge in [0.25, 0.3) is 5.56 Å². The molecule has 0 unspecified atom stereocenters. The highest BCUT2D eigenvalue weighted by molar-refractivity contribution is 6.46. The fraction of sp³-hybridized carbons (Fsp3) is 0.0769. The standard InChI is InChI=1S/C13H7Cl3N2O/c14-9-3-4-10(15)12(16)11(9)8-2-1-7(5-6-17)18-13(8)19/h1-4H,5H2,(H,18,19). The molecule has 2 rings (SSSR count). The SMILES string of the molecule is N#CCc1ccc(-c2c(Cl)ccc(Cl)c2Cl)c(=O)[nH]1. The molecule has 6 heteroatoms. The molecule has 3 nitrogen and oxygen atoms in total. The first-order chi connectivity index (χ1) is 9.04. The van der Waals surface area contributed by atoms with Crippen molar-refractivity contribution in [3.63, 3.8) is 0 Å². The van der Waals surface area contributed by atoms with Gasteiger partial charge in [-0.05, 0) is 24.3 Å². The van der Waals surface area contributed by atoms with Crippen LogP contribution in [-0.2, 0) is 6.42 Å². The van der Waals surface area contributed by atoms with Gasteiger partial charge >= 0.3 is 0 Å². The highest BCUT2D eigenvalue weighted by Gasteiger charge is 2.14. The van der Waals surface area contributed by atoms with Crippen LogP contribution in [0.15, 0.2) is 29.1 Å². The molecule has 0 aliphatic heterocycles. The van der Waals surface area contributed by atoms with Gasteiger partial charge in [0.05, 0.1) is 33.1 Å². The van der Waals surface area contributed by atoms with Gasteiger partial charge in [-0.2, -0.15) is 5.26 Å². The normalized spacial score (nSPS) is 10.2. The smallest absolute Gasteiger partial charge is 0.256 e. The Morgan fingerprint density at radius 1 is 1.11 bits per heavy atom. The second-order valence-corrected chi connectivity index (χ2v) is 4.97. The van der Waals surface area contributed by atoms with Gasteiger partial charge < -0.3 is 4.98 Å². The minimum Gasteiger partial charge on any atom is -0.325 e. The predicted octanol–water partition coefficient (Wildman–Crippen LogP) is 4.07. The summed E-state index contributed by atoms with van der Waals surface area (Å²) in [6.07, 6.45) is 0.131. The molecule has 0 aliphatic carbocycles. The van der Waals surface area contributed by atoms with E-state index >= 15 is 0 Å². The summed E-state index contributed by atoms with van der Waals surface area (Å²) < 4.78 is 0. The van der Waals surface area contributed by atoms with E-state index in [1.54, 1.807) is 24.3 Å². The van der Waals surface area contributed by atoms with E-state index in [4.69, 9.17) is 40.1 Å². The van der Waals surface area contributed by atoms with Crippen LogP contribution in [0.4, 0.5) is 0 Å². The number of nitrogens with zero attached hydrogens (tertiary/aromatic N) is 1. The number of hydrogen-bond acceptors (Lipinski definition) is 2. The molecule has 1 aromatic heterocycles. The third kappa shape index (κ3) is 2.76. The zero-order valence-electron chi connectivity index (χ0n) is 9.51. The largest absolute Gasteiger partial charge is 0.325 e. The van der Waals surface area contributed by atoms with Crippen molar-refractivity contribution in [2.75, 3.05) is 0 Å². The van der Waals surface area contributed by atoms with Crippen LogP contribution in [0.3, 0.4) is 0 Å². The fourth-order valence-electron chi connectivity index (χ4n) is 1.67. The molecular formula is C13H7Cl3N2O. The number of nitriles is 1. The summed E-state index contributed by atoms with van der Waals surface area (Å²) in [6, 6.07) is 8.32. The molecule has 0 radical (unpaired) electrons. The Labute approximate surface area is 124 Å². The van der Waals surface area contributed by atoms with Crippen molar-refractivity contribution in [1.29, 1.82) is 5.26 Å². The van der Waals surface area contributed by atoms with Gasteiger partial charge in [0.15, 0.2) is 0 Å². The van der Waals surface area contributed by atoms with Gasteiger partial charge in [-0.3, -0.25) is 4.79 Å². The van der Waals surface area contributed by atoms with Gasteiger partial charge in [0.1, 0.15) is 0 Å². The van der Waals surface area contributed by atoms with E-state index in [1.165, 1.54) is 0 Å². The lowest BCUT2D eigenvalue weighted by molar-refractivity contribution is 1.08. The van der Waals surface area contributed by atoms with Crippen molar-refractivity contribution in [2.24, 2.45) is 0 Å². The molecule has 0 amide bonds. The zero-order valence-corrected chi connectivity index (χ0v) is 11.8. The predicted molar refractivity (Wildman–Crippen MR) is 76.8 cm³/mol. The molecule has 2 aromatic rings. The monoisotopic (exact) mass is 312 g/mol. The maximum absolute atomic E-state index is 12.0. The lowest BCUT2D eigenvalue weighted by atomic mass is 10.1. The molecular weight excluding hydrogens is 307 g/mol. The third-order valence-electron chi connectivity index (χ3n) is 2.55. The average molecular weight is 314 g/mol. The fourth-order valence-corrected chi connectivity index (χ4v) is 2.41. The number of nitrogens with one attached hydrogen (secondary N) is 1. The number of H-pyrrole nitrogens is 1. The van der Waals surface area contributed by atoms with Crippen LogP contribution in [0.5, 0.6) is 0 Å². The Hall–Kier alpha value is -1.47. The number of halogens is 3. The van der Waals surface area contributed by atoms with E-state index < -0.39 is 0 Å². The summed E-state index contributed by atoms with van der Waals surface area (Å²) >= 11 is 18.1. The van der Waals surface area contributed by atoms with E-state index in [2.05, 4.69) is 4.98 Å². The molecule has 0 saturated carbocycles. The summed E-state index contributed by atoms with van der Waals surface area (Å²) in [4.78, 5) is 14.6. The quantitative estimate of drug-likeness (QED) is 0.850. The van der Waals surface area contributed by atoms with Crippen LogP contribution >= 0.6 is 34.8 Å². The lowest BCUT2D eigenvalue weighted by Gasteiger charge is -2.08. The topological polar surface area (TPSA) is 56.6 Å². The molecule has 1 heterocycles. The molecule has 0 saturated heterocycles. The number of rotatable bonds is 2. The van der Waals surface area contributed by atoms with Gasteiger partial charge in [-0.25, -0.2) is 0 Å². The van der Waals surface area contributed by atoms with E-state index in [0.29, 0.717) is 26.9 Å². The maximum atomic E-state index is 12.0. The first kappa shape index (κ1) is 14.0. The maximum Gasteiger partial charge on any atom is 0.256 e. The molecule has 19 heavy (non-hydrogen) atoms. The summed E-state index contributed by atoms with van der Waals surface area (Å²) in [5.41, 5.74) is 0.879. The van der Waals surface area contributed by atoms with Gasteiger partial charge in [0, 0.05) is 11.3 Å². The number of aromatic nitrogens is 1. The zero-order chi connectivity index (χ0) is 14.0. The van der Waals surface area contributed by atoms with Crippen molar-refractivity contribution in [1.82, 2.24) is 4.98 Å². The summed E-state index contributed by atoms with van der Waals surface area (Å²) in [7, 11) is 0. The molecule has 0 bridgehead atoms. The van der Waals surface area contributed by atoms with Crippen LogP contribution in [-0.4, -0.2) is 4.98 Å². The van der Waals surface area contributed by atoms with E-state index in [9.17, 15) is 4.79 Å². The summed E-state index contributed by atoms with van der Waals surface area (Å²) in [5.74, 6) is 0. The molecule has 1 aromatic carbocycles. The minimum absolute atomic E-state index is 0.131. The number of aromatic amines is 1. The summed E-state index contributed by atoms with van der Waals surface area (Å²) in [5, 5.41) is 9.48. The Morgan fingerprint density at radius 2 is 1.79 bits per heavy atom. The molecule has 0 aliphatic rings. The van der Waals surface area contributed by atoms with Crippen LogP contribution < -0.4 is 5.56 Å². The average Bonchev–Trinajstić information content (AvgIpc) is 2.37. The minimum atomic E-state index is -0.362. The second-order valence-electron chi connectivity index (χ2n) is 3.78. The van der Waals surface area contributed by atoms with Crippen molar-refractivity contribution < 1.29 is 0 Å². The number of pyridine rings is 1. The first-order valence-corrected chi connectivity index (χ1v) is 6.41. The van der Waals surface area contributed by atoms with Crippen LogP contribution in [0.2, 0.25) is 15.1 Å². The molecule has 0 atom stereocenters. The van der Waals surface area contributed by atoms with Gasteiger partial charge in [-0.15, -0.1) is 0 Å².